The summed E-state index contributed by atoms with van der Waals surface area (Å²) in [6.07, 6.45) is 0.583. The van der Waals surface area contributed by atoms with Crippen LogP contribution >= 0.6 is 0 Å². The molecule has 6 heteroatoms. The van der Waals surface area contributed by atoms with Crippen LogP contribution < -0.4 is 14.8 Å². The molecule has 5 nitrogen and oxygen atoms in total. The fourth-order valence-electron chi connectivity index (χ4n) is 2.67. The highest BCUT2D eigenvalue weighted by atomic mass is 19.1. The van der Waals surface area contributed by atoms with Crippen LogP contribution in [0.25, 0.3) is 0 Å². The molecule has 2 heterocycles. The number of likely N-dealkylation sites (tertiary alicyclic amines) is 1. The van der Waals surface area contributed by atoms with Crippen molar-refractivity contribution < 1.29 is 18.7 Å². The van der Waals surface area contributed by atoms with Crippen molar-refractivity contribution in [2.24, 2.45) is 0 Å². The molecule has 1 atom stereocenters. The number of piperidine rings is 1. The zero-order valence-corrected chi connectivity index (χ0v) is 11.8. The molecule has 1 aromatic rings. The lowest BCUT2D eigenvalue weighted by Crippen LogP contribution is -2.41. The van der Waals surface area contributed by atoms with E-state index in [9.17, 15) is 9.18 Å². The van der Waals surface area contributed by atoms with Gasteiger partial charge in [0.2, 0.25) is 5.91 Å². The maximum Gasteiger partial charge on any atom is 0.238 e. The van der Waals surface area contributed by atoms with Crippen LogP contribution in [0.1, 0.15) is 12.8 Å². The second-order valence-electron chi connectivity index (χ2n) is 5.38. The summed E-state index contributed by atoms with van der Waals surface area (Å²) in [4.78, 5) is 13.9. The number of fused-ring (bicyclic) bond motifs is 1. The molecule has 0 spiro atoms. The van der Waals surface area contributed by atoms with Gasteiger partial charge in [0.25, 0.3) is 0 Å². The number of alkyl halides is 1. The van der Waals surface area contributed by atoms with Gasteiger partial charge in [0.05, 0.1) is 6.54 Å². The van der Waals surface area contributed by atoms with E-state index in [2.05, 4.69) is 5.32 Å². The quantitative estimate of drug-likeness (QED) is 0.924. The third-order valence-corrected chi connectivity index (χ3v) is 3.64. The Balaban J connectivity index is 1.57. The molecular weight excluding hydrogens is 275 g/mol. The van der Waals surface area contributed by atoms with Crippen molar-refractivity contribution in [1.82, 2.24) is 4.90 Å². The van der Waals surface area contributed by atoms with E-state index >= 15 is 0 Å². The van der Waals surface area contributed by atoms with Crippen LogP contribution in [-0.2, 0) is 4.79 Å². The van der Waals surface area contributed by atoms with Gasteiger partial charge in [0.15, 0.2) is 11.5 Å². The molecule has 0 saturated carbocycles. The fourth-order valence-corrected chi connectivity index (χ4v) is 2.67. The minimum absolute atomic E-state index is 0.138. The van der Waals surface area contributed by atoms with Crippen LogP contribution in [0.15, 0.2) is 18.2 Å². The number of nitrogens with one attached hydrogen (secondary N) is 1. The van der Waals surface area contributed by atoms with Crippen LogP contribution in [0.5, 0.6) is 11.5 Å². The van der Waals surface area contributed by atoms with Gasteiger partial charge >= 0.3 is 0 Å². The molecule has 1 fully saturated rings. The molecule has 1 unspecified atom stereocenters. The number of rotatable bonds is 3. The number of anilines is 1. The van der Waals surface area contributed by atoms with Gasteiger partial charge in [-0.3, -0.25) is 9.69 Å². The second-order valence-corrected chi connectivity index (χ2v) is 5.38. The Morgan fingerprint density at radius 2 is 2.14 bits per heavy atom. The molecule has 114 valence electrons. The number of hydrogen-bond donors (Lipinski definition) is 1. The van der Waals surface area contributed by atoms with Crippen LogP contribution in [-0.4, -0.2) is 49.8 Å². The third-order valence-electron chi connectivity index (χ3n) is 3.64. The minimum Gasteiger partial charge on any atom is -0.486 e. The summed E-state index contributed by atoms with van der Waals surface area (Å²) in [5.41, 5.74) is 0.665. The Morgan fingerprint density at radius 1 is 1.33 bits per heavy atom. The minimum atomic E-state index is -0.819. The standard InChI is InChI=1S/C15H19FN2O3/c16-11-2-1-5-18(9-11)10-15(19)17-12-3-4-13-14(8-12)21-7-6-20-13/h3-4,8,11H,1-2,5-7,9-10H2,(H,17,19). The lowest BCUT2D eigenvalue weighted by Gasteiger charge is -2.28. The average molecular weight is 294 g/mol. The largest absolute Gasteiger partial charge is 0.486 e. The molecule has 2 aliphatic heterocycles. The second kappa shape index (κ2) is 6.30. The fraction of sp³-hybridized carbons (Fsp3) is 0.533. The van der Waals surface area contributed by atoms with E-state index < -0.39 is 6.17 Å². The number of carbonyl (C=O) groups excluding carboxylic acids is 1. The van der Waals surface area contributed by atoms with Crippen molar-refractivity contribution in [1.29, 1.82) is 0 Å². The van der Waals surface area contributed by atoms with Gasteiger partial charge in [-0.2, -0.15) is 0 Å². The molecule has 0 aromatic heterocycles. The summed E-state index contributed by atoms with van der Waals surface area (Å²) in [7, 11) is 0. The van der Waals surface area contributed by atoms with Crippen molar-refractivity contribution in [3.63, 3.8) is 0 Å². The molecule has 0 bridgehead atoms. The molecular formula is C15H19FN2O3. The topological polar surface area (TPSA) is 50.8 Å². The molecule has 1 N–H and O–H groups in total. The molecule has 0 aliphatic carbocycles. The van der Waals surface area contributed by atoms with Crippen LogP contribution in [0.2, 0.25) is 0 Å². The van der Waals surface area contributed by atoms with Crippen LogP contribution in [0, 0.1) is 0 Å². The first-order valence-corrected chi connectivity index (χ1v) is 7.26. The molecule has 2 aliphatic rings. The Morgan fingerprint density at radius 3 is 2.95 bits per heavy atom. The highest BCUT2D eigenvalue weighted by Crippen LogP contribution is 2.32. The normalized spacial score (nSPS) is 21.9. The van der Waals surface area contributed by atoms with Crippen molar-refractivity contribution in [3.8, 4) is 11.5 Å². The van der Waals surface area contributed by atoms with Crippen LogP contribution in [0.3, 0.4) is 0 Å². The van der Waals surface area contributed by atoms with E-state index in [-0.39, 0.29) is 12.5 Å². The summed E-state index contributed by atoms with van der Waals surface area (Å²) >= 11 is 0. The lowest BCUT2D eigenvalue weighted by molar-refractivity contribution is -0.117. The maximum absolute atomic E-state index is 13.3. The summed E-state index contributed by atoms with van der Waals surface area (Å²) in [6, 6.07) is 5.31. The monoisotopic (exact) mass is 294 g/mol. The van der Waals surface area contributed by atoms with Crippen molar-refractivity contribution in [2.45, 2.75) is 19.0 Å². The summed E-state index contributed by atoms with van der Waals surface area (Å²) in [5.74, 6) is 1.19. The van der Waals surface area contributed by atoms with Crippen LogP contribution in [0.4, 0.5) is 10.1 Å². The predicted octanol–water partition coefficient (Wildman–Crippen LogP) is 1.83. The number of halogens is 1. The van der Waals surface area contributed by atoms with E-state index in [0.717, 1.165) is 13.0 Å². The number of carbonyl (C=O) groups is 1. The highest BCUT2D eigenvalue weighted by molar-refractivity contribution is 5.92. The SMILES string of the molecule is O=C(CN1CCCC(F)C1)Nc1ccc2c(c1)OCCO2. The lowest BCUT2D eigenvalue weighted by atomic mass is 10.1. The first kappa shape index (κ1) is 14.1. The van der Waals surface area contributed by atoms with E-state index in [0.29, 0.717) is 43.4 Å². The van der Waals surface area contributed by atoms with Gasteiger partial charge in [-0.1, -0.05) is 0 Å². The zero-order valence-electron chi connectivity index (χ0n) is 11.8. The first-order valence-electron chi connectivity index (χ1n) is 7.26. The van der Waals surface area contributed by atoms with Crippen molar-refractivity contribution >= 4 is 11.6 Å². The van der Waals surface area contributed by atoms with E-state index in [1.54, 1.807) is 18.2 Å². The van der Waals surface area contributed by atoms with E-state index in [1.807, 2.05) is 4.90 Å². The molecule has 0 radical (unpaired) electrons. The zero-order chi connectivity index (χ0) is 14.7. The van der Waals surface area contributed by atoms with Crippen molar-refractivity contribution in [2.75, 3.05) is 38.2 Å². The van der Waals surface area contributed by atoms with Gasteiger partial charge in [-0.15, -0.1) is 0 Å². The van der Waals surface area contributed by atoms with Gasteiger partial charge in [-0.25, -0.2) is 4.39 Å². The van der Waals surface area contributed by atoms with Gasteiger partial charge in [-0.05, 0) is 31.5 Å². The number of hydrogen-bond acceptors (Lipinski definition) is 4. The summed E-state index contributed by atoms with van der Waals surface area (Å²) in [6.45, 7) is 2.38. The van der Waals surface area contributed by atoms with E-state index in [1.165, 1.54) is 0 Å². The van der Waals surface area contributed by atoms with Crippen molar-refractivity contribution in [3.05, 3.63) is 18.2 Å². The number of amides is 1. The Kier molecular flexibility index (Phi) is 4.24. The number of benzene rings is 1. The summed E-state index contributed by atoms with van der Waals surface area (Å²) in [5, 5.41) is 2.82. The van der Waals surface area contributed by atoms with Gasteiger partial charge in [0.1, 0.15) is 19.4 Å². The van der Waals surface area contributed by atoms with Gasteiger partial charge in [0, 0.05) is 18.3 Å². The Labute approximate surface area is 123 Å². The maximum atomic E-state index is 13.3. The molecule has 1 saturated heterocycles. The Bertz CT molecular complexity index is 524. The van der Waals surface area contributed by atoms with Gasteiger partial charge < -0.3 is 14.8 Å². The third kappa shape index (κ3) is 3.64. The number of ether oxygens (including phenoxy) is 2. The Hall–Kier alpha value is -1.82. The molecule has 1 amide bonds. The predicted molar refractivity (Wildman–Crippen MR) is 76.6 cm³/mol. The number of nitrogens with zero attached hydrogens (tertiary/aromatic N) is 1. The molecule has 21 heavy (non-hydrogen) atoms. The first-order chi connectivity index (χ1) is 10.2. The average Bonchev–Trinajstić information content (AvgIpc) is 2.47. The molecule has 3 rings (SSSR count). The molecule has 1 aromatic carbocycles. The highest BCUT2D eigenvalue weighted by Gasteiger charge is 2.21. The summed E-state index contributed by atoms with van der Waals surface area (Å²) < 4.78 is 24.2. The van der Waals surface area contributed by atoms with E-state index in [4.69, 9.17) is 9.47 Å². The smallest absolute Gasteiger partial charge is 0.238 e.